The molecule has 1 aromatic rings. The molecule has 0 heterocycles. The first-order valence-electron chi connectivity index (χ1n) is 7.64. The quantitative estimate of drug-likeness (QED) is 0.451. The zero-order valence-corrected chi connectivity index (χ0v) is 15.0. The SMILES string of the molecule is CC(=O)/C=C(/C)[O-].CC[P+](CC)(CC)Cc1ccccc1. The highest BCUT2D eigenvalue weighted by Gasteiger charge is 2.30. The van der Waals surface area contributed by atoms with E-state index in [1.54, 1.807) is 0 Å². The van der Waals surface area contributed by atoms with E-state index in [-0.39, 0.29) is 11.5 Å². The van der Waals surface area contributed by atoms with Gasteiger partial charge in [0.15, 0.2) is 5.78 Å². The molecule has 0 spiro atoms. The second-order valence-electron chi connectivity index (χ2n) is 5.30. The van der Waals surface area contributed by atoms with Gasteiger partial charge in [-0.25, -0.2) is 0 Å². The minimum atomic E-state index is -0.661. The molecule has 0 amide bonds. The van der Waals surface area contributed by atoms with Crippen molar-refractivity contribution in [3.63, 3.8) is 0 Å². The van der Waals surface area contributed by atoms with Crippen molar-refractivity contribution in [2.75, 3.05) is 18.5 Å². The molecular formula is C18H29O2P. The van der Waals surface area contributed by atoms with E-state index in [0.717, 1.165) is 6.08 Å². The van der Waals surface area contributed by atoms with Gasteiger partial charge in [-0.05, 0) is 39.3 Å². The number of ketones is 1. The highest BCUT2D eigenvalue weighted by molar-refractivity contribution is 7.75. The smallest absolute Gasteiger partial charge is 0.151 e. The monoisotopic (exact) mass is 308 g/mol. The van der Waals surface area contributed by atoms with Crippen LogP contribution in [0.1, 0.15) is 40.2 Å². The second kappa shape index (κ2) is 10.6. The number of hydrogen-bond donors (Lipinski definition) is 0. The van der Waals surface area contributed by atoms with Crippen LogP contribution in [0.15, 0.2) is 42.2 Å². The highest BCUT2D eigenvalue weighted by Crippen LogP contribution is 2.60. The molecule has 0 aromatic heterocycles. The number of rotatable bonds is 6. The number of allylic oxidation sites excluding steroid dienone is 2. The predicted octanol–water partition coefficient (Wildman–Crippen LogP) is 4.10. The third-order valence-corrected chi connectivity index (χ3v) is 8.84. The third kappa shape index (κ3) is 8.67. The summed E-state index contributed by atoms with van der Waals surface area (Å²) >= 11 is 0. The van der Waals surface area contributed by atoms with E-state index in [2.05, 4.69) is 51.1 Å². The minimum absolute atomic E-state index is 0.187. The van der Waals surface area contributed by atoms with Crippen LogP contribution in [0.3, 0.4) is 0 Å². The number of carbonyl (C=O) groups excluding carboxylic acids is 1. The maximum absolute atomic E-state index is 9.98. The van der Waals surface area contributed by atoms with Crippen molar-refractivity contribution in [2.45, 2.75) is 40.8 Å². The van der Waals surface area contributed by atoms with Gasteiger partial charge < -0.3 is 5.11 Å². The molecule has 0 aliphatic carbocycles. The van der Waals surface area contributed by atoms with Crippen molar-refractivity contribution in [3.05, 3.63) is 47.7 Å². The molecule has 1 aromatic carbocycles. The van der Waals surface area contributed by atoms with E-state index in [0.29, 0.717) is 0 Å². The standard InChI is InChI=1S/C13H22P.C5H8O2/c1-4-14(5-2,6-3)12-13-10-8-7-9-11-13;1-4(6)3-5(2)7/h7-11H,4-6,12H2,1-3H3;3,6H,1-2H3/q+1;/p-1/b;4-3-. The van der Waals surface area contributed by atoms with Crippen molar-refractivity contribution < 1.29 is 9.90 Å². The predicted molar refractivity (Wildman–Crippen MR) is 93.1 cm³/mol. The molecule has 0 fully saturated rings. The van der Waals surface area contributed by atoms with Crippen LogP contribution >= 0.6 is 7.26 Å². The third-order valence-electron chi connectivity index (χ3n) is 3.78. The van der Waals surface area contributed by atoms with Crippen LogP contribution in [0.4, 0.5) is 0 Å². The summed E-state index contributed by atoms with van der Waals surface area (Å²) in [4.78, 5) is 9.98. The molecule has 3 heteroatoms. The van der Waals surface area contributed by atoms with Gasteiger partial charge in [-0.1, -0.05) is 37.3 Å². The van der Waals surface area contributed by atoms with E-state index in [1.807, 2.05) is 0 Å². The van der Waals surface area contributed by atoms with Crippen LogP contribution < -0.4 is 5.11 Å². The molecule has 0 saturated heterocycles. The Balaban J connectivity index is 0.000000486. The van der Waals surface area contributed by atoms with Crippen molar-refractivity contribution in [3.8, 4) is 0 Å². The van der Waals surface area contributed by atoms with Crippen LogP contribution in [-0.4, -0.2) is 24.3 Å². The van der Waals surface area contributed by atoms with Gasteiger partial charge in [0, 0.05) is 7.26 Å². The first-order valence-corrected chi connectivity index (χ1v) is 10.2. The Hall–Kier alpha value is -1.14. The number of carbonyl (C=O) groups is 1. The summed E-state index contributed by atoms with van der Waals surface area (Å²) in [5, 5.41) is 9.98. The van der Waals surface area contributed by atoms with Gasteiger partial charge in [0.05, 0.1) is 24.6 Å². The van der Waals surface area contributed by atoms with Crippen molar-refractivity contribution in [1.29, 1.82) is 0 Å². The Morgan fingerprint density at radius 2 is 1.52 bits per heavy atom. The van der Waals surface area contributed by atoms with Crippen LogP contribution in [0.25, 0.3) is 0 Å². The molecule has 0 radical (unpaired) electrons. The van der Waals surface area contributed by atoms with E-state index in [1.165, 1.54) is 44.1 Å². The summed E-state index contributed by atoms with van der Waals surface area (Å²) in [5.41, 5.74) is 1.53. The maximum atomic E-state index is 9.98. The first-order chi connectivity index (χ1) is 9.89. The van der Waals surface area contributed by atoms with E-state index >= 15 is 0 Å². The highest BCUT2D eigenvalue weighted by atomic mass is 31.2. The fraction of sp³-hybridized carbons (Fsp3) is 0.500. The van der Waals surface area contributed by atoms with E-state index in [4.69, 9.17) is 0 Å². The molecule has 1 rings (SSSR count). The largest absolute Gasteiger partial charge is 0.876 e. The van der Waals surface area contributed by atoms with Gasteiger partial charge in [-0.15, -0.1) is 5.76 Å². The molecule has 118 valence electrons. The van der Waals surface area contributed by atoms with E-state index < -0.39 is 7.26 Å². The summed E-state index contributed by atoms with van der Waals surface area (Å²) in [6, 6.07) is 11.0. The molecule has 2 nitrogen and oxygen atoms in total. The molecule has 0 aliphatic rings. The summed E-state index contributed by atoms with van der Waals surface area (Å²) in [6.07, 6.45) is 6.59. The van der Waals surface area contributed by atoms with E-state index in [9.17, 15) is 9.90 Å². The lowest BCUT2D eigenvalue weighted by Gasteiger charge is -2.23. The summed E-state index contributed by atoms with van der Waals surface area (Å²) in [6.45, 7) is 9.79. The lowest BCUT2D eigenvalue weighted by Crippen LogP contribution is -2.05. The minimum Gasteiger partial charge on any atom is -0.876 e. The Morgan fingerprint density at radius 1 is 1.05 bits per heavy atom. The van der Waals surface area contributed by atoms with Gasteiger partial charge in [-0.2, -0.15) is 0 Å². The van der Waals surface area contributed by atoms with Crippen molar-refractivity contribution >= 4 is 13.0 Å². The van der Waals surface area contributed by atoms with Gasteiger partial charge in [0.2, 0.25) is 0 Å². The zero-order valence-electron chi connectivity index (χ0n) is 14.1. The molecule has 0 atom stereocenters. The number of benzene rings is 1. The molecule has 0 aliphatic heterocycles. The first kappa shape index (κ1) is 19.9. The summed E-state index contributed by atoms with van der Waals surface area (Å²) in [7, 11) is -0.661. The molecule has 0 unspecified atom stereocenters. The Labute approximate surface area is 130 Å². The Kier molecular flexibility index (Phi) is 9.99. The molecule has 21 heavy (non-hydrogen) atoms. The average molecular weight is 308 g/mol. The molecule has 0 bridgehead atoms. The summed E-state index contributed by atoms with van der Waals surface area (Å²) in [5.74, 6) is -0.375. The van der Waals surface area contributed by atoms with Crippen LogP contribution in [0.5, 0.6) is 0 Å². The molecule has 0 saturated carbocycles. The average Bonchev–Trinajstić information content (AvgIpc) is 2.45. The van der Waals surface area contributed by atoms with Gasteiger partial charge in [0.25, 0.3) is 0 Å². The van der Waals surface area contributed by atoms with Crippen LogP contribution in [0, 0.1) is 0 Å². The van der Waals surface area contributed by atoms with Crippen molar-refractivity contribution in [2.24, 2.45) is 0 Å². The van der Waals surface area contributed by atoms with Gasteiger partial charge in [0.1, 0.15) is 0 Å². The Bertz CT molecular complexity index is 422. The van der Waals surface area contributed by atoms with Crippen molar-refractivity contribution in [1.82, 2.24) is 0 Å². The Morgan fingerprint density at radius 3 is 1.81 bits per heavy atom. The van der Waals surface area contributed by atoms with Crippen LogP contribution in [0.2, 0.25) is 0 Å². The zero-order chi connectivity index (χ0) is 16.3. The lowest BCUT2D eigenvalue weighted by atomic mass is 10.2. The topological polar surface area (TPSA) is 40.1 Å². The fourth-order valence-electron chi connectivity index (χ4n) is 2.26. The lowest BCUT2D eigenvalue weighted by molar-refractivity contribution is -0.301. The normalized spacial score (nSPS) is 11.6. The summed E-state index contributed by atoms with van der Waals surface area (Å²) < 4.78 is 0. The van der Waals surface area contributed by atoms with Gasteiger partial charge >= 0.3 is 0 Å². The fourth-order valence-corrected chi connectivity index (χ4v) is 5.26. The van der Waals surface area contributed by atoms with Crippen LogP contribution in [-0.2, 0) is 11.0 Å². The maximum Gasteiger partial charge on any atom is 0.151 e. The number of hydrogen-bond acceptors (Lipinski definition) is 2. The molecular weight excluding hydrogens is 279 g/mol. The van der Waals surface area contributed by atoms with Gasteiger partial charge in [-0.3, -0.25) is 4.79 Å². The molecule has 0 N–H and O–H groups in total. The second-order valence-corrected chi connectivity index (χ2v) is 10.2.